The summed E-state index contributed by atoms with van der Waals surface area (Å²) in [7, 11) is 0. The van der Waals surface area contributed by atoms with Gasteiger partial charge in [-0.05, 0) is 34.5 Å². The van der Waals surface area contributed by atoms with E-state index in [1.807, 2.05) is 12.1 Å². The van der Waals surface area contributed by atoms with E-state index in [1.54, 1.807) is 6.07 Å². The maximum atomic E-state index is 10.3. The lowest BCUT2D eigenvalue weighted by molar-refractivity contribution is 0.172. The van der Waals surface area contributed by atoms with Crippen LogP contribution in [0, 0.1) is 0 Å². The Balaban J connectivity index is 2.34. The van der Waals surface area contributed by atoms with Gasteiger partial charge < -0.3 is 10.4 Å². The zero-order valence-electron chi connectivity index (χ0n) is 10.7. The van der Waals surface area contributed by atoms with Crippen LogP contribution in [-0.4, -0.2) is 36.2 Å². The van der Waals surface area contributed by atoms with Crippen LogP contribution in [0.15, 0.2) is 29.3 Å². The number of hydrogen-bond donors (Lipinski definition) is 2. The molecule has 2 rings (SSSR count). The number of nitrogens with zero attached hydrogens (tertiary/aromatic N) is 1. The van der Waals surface area contributed by atoms with Crippen molar-refractivity contribution < 1.29 is 5.11 Å². The minimum atomic E-state index is 0.120. The Morgan fingerprint density at radius 2 is 2.16 bits per heavy atom. The molecule has 104 valence electrons. The lowest BCUT2D eigenvalue weighted by Crippen LogP contribution is -2.45. The van der Waals surface area contributed by atoms with E-state index < -0.39 is 0 Å². The van der Waals surface area contributed by atoms with Crippen LogP contribution < -0.4 is 5.32 Å². The lowest BCUT2D eigenvalue weighted by Gasteiger charge is -2.35. The van der Waals surface area contributed by atoms with Gasteiger partial charge in [0.05, 0.1) is 4.47 Å². The molecule has 0 aliphatic carbocycles. The number of phenols is 1. The molecule has 0 unspecified atom stereocenters. The van der Waals surface area contributed by atoms with Crippen LogP contribution in [0.25, 0.3) is 0 Å². The number of benzene rings is 1. The van der Waals surface area contributed by atoms with E-state index in [2.05, 4.69) is 32.7 Å². The summed E-state index contributed by atoms with van der Waals surface area (Å²) in [6.07, 6.45) is 2.68. The normalized spacial score (nSPS) is 18.2. The zero-order chi connectivity index (χ0) is 13.8. The van der Waals surface area contributed by atoms with Crippen molar-refractivity contribution in [2.75, 3.05) is 26.2 Å². The van der Waals surface area contributed by atoms with E-state index in [-0.39, 0.29) is 11.8 Å². The summed E-state index contributed by atoms with van der Waals surface area (Å²) in [6, 6.07) is 3.68. The number of nitrogens with one attached hydrogen (secondary N) is 1. The Morgan fingerprint density at radius 1 is 1.47 bits per heavy atom. The van der Waals surface area contributed by atoms with Gasteiger partial charge in [-0.15, -0.1) is 6.58 Å². The fraction of sp³-hybridized carbons (Fsp3) is 0.429. The van der Waals surface area contributed by atoms with Crippen LogP contribution in [0.1, 0.15) is 18.0 Å². The maximum Gasteiger partial charge on any atom is 0.134 e. The third-order valence-electron chi connectivity index (χ3n) is 3.40. The summed E-state index contributed by atoms with van der Waals surface area (Å²) in [4.78, 5) is 2.36. The van der Waals surface area contributed by atoms with Crippen LogP contribution in [0.5, 0.6) is 5.75 Å². The van der Waals surface area contributed by atoms with E-state index in [0.717, 1.165) is 38.2 Å². The van der Waals surface area contributed by atoms with Gasteiger partial charge in [-0.3, -0.25) is 4.90 Å². The van der Waals surface area contributed by atoms with E-state index in [0.29, 0.717) is 9.50 Å². The molecular formula is C14H18BrClN2O. The first-order chi connectivity index (χ1) is 9.13. The van der Waals surface area contributed by atoms with Gasteiger partial charge in [0.1, 0.15) is 5.75 Å². The molecular weight excluding hydrogens is 328 g/mol. The number of phenolic OH excluding ortho intramolecular Hbond substituents is 1. The summed E-state index contributed by atoms with van der Waals surface area (Å²) >= 11 is 9.46. The van der Waals surface area contributed by atoms with Crippen LogP contribution in [0.2, 0.25) is 5.02 Å². The van der Waals surface area contributed by atoms with Crippen molar-refractivity contribution in [2.24, 2.45) is 0 Å². The highest BCUT2D eigenvalue weighted by Crippen LogP contribution is 2.38. The number of piperazine rings is 1. The molecule has 5 heteroatoms. The third-order valence-corrected chi connectivity index (χ3v) is 4.22. The Bertz CT molecular complexity index is 461. The number of hydrogen-bond acceptors (Lipinski definition) is 3. The highest BCUT2D eigenvalue weighted by molar-refractivity contribution is 9.10. The van der Waals surface area contributed by atoms with Crippen molar-refractivity contribution in [1.82, 2.24) is 10.2 Å². The Kier molecular flexibility index (Phi) is 5.28. The predicted molar refractivity (Wildman–Crippen MR) is 82.8 cm³/mol. The Labute approximate surface area is 127 Å². The van der Waals surface area contributed by atoms with Gasteiger partial charge in [-0.1, -0.05) is 17.7 Å². The monoisotopic (exact) mass is 344 g/mol. The van der Waals surface area contributed by atoms with Crippen molar-refractivity contribution >= 4 is 27.5 Å². The van der Waals surface area contributed by atoms with E-state index in [1.165, 1.54) is 0 Å². The van der Waals surface area contributed by atoms with Crippen LogP contribution in [-0.2, 0) is 0 Å². The smallest absolute Gasteiger partial charge is 0.134 e. The first-order valence-electron chi connectivity index (χ1n) is 6.37. The summed E-state index contributed by atoms with van der Waals surface area (Å²) < 4.78 is 0.638. The van der Waals surface area contributed by atoms with Crippen LogP contribution in [0.4, 0.5) is 0 Å². The zero-order valence-corrected chi connectivity index (χ0v) is 13.0. The highest BCUT2D eigenvalue weighted by atomic mass is 79.9. The topological polar surface area (TPSA) is 35.5 Å². The molecule has 0 amide bonds. The predicted octanol–water partition coefficient (Wildman–Crippen LogP) is 3.33. The molecule has 1 aliphatic heterocycles. The largest absolute Gasteiger partial charge is 0.506 e. The Morgan fingerprint density at radius 3 is 2.79 bits per heavy atom. The van der Waals surface area contributed by atoms with Gasteiger partial charge >= 0.3 is 0 Å². The van der Waals surface area contributed by atoms with Crippen LogP contribution in [0.3, 0.4) is 0 Å². The van der Waals surface area contributed by atoms with Crippen molar-refractivity contribution in [3.63, 3.8) is 0 Å². The number of rotatable bonds is 4. The maximum absolute atomic E-state index is 10.3. The first-order valence-corrected chi connectivity index (χ1v) is 7.54. The number of halogens is 2. The second-order valence-corrected chi connectivity index (χ2v) is 5.94. The lowest BCUT2D eigenvalue weighted by atomic mass is 10.00. The van der Waals surface area contributed by atoms with Crippen molar-refractivity contribution in [2.45, 2.75) is 12.5 Å². The molecule has 0 spiro atoms. The highest BCUT2D eigenvalue weighted by Gasteiger charge is 2.24. The molecule has 1 atom stereocenters. The molecule has 0 saturated carbocycles. The quantitative estimate of drug-likeness (QED) is 0.822. The molecule has 1 aliphatic rings. The number of aromatic hydroxyl groups is 1. The molecule has 3 nitrogen and oxygen atoms in total. The minimum Gasteiger partial charge on any atom is -0.506 e. The minimum absolute atomic E-state index is 0.120. The van der Waals surface area contributed by atoms with Gasteiger partial charge in [0, 0.05) is 42.8 Å². The molecule has 19 heavy (non-hydrogen) atoms. The molecule has 0 bridgehead atoms. The second-order valence-electron chi connectivity index (χ2n) is 4.65. The average molecular weight is 346 g/mol. The fourth-order valence-electron chi connectivity index (χ4n) is 2.46. The van der Waals surface area contributed by atoms with E-state index in [4.69, 9.17) is 11.6 Å². The van der Waals surface area contributed by atoms with E-state index >= 15 is 0 Å². The summed E-state index contributed by atoms with van der Waals surface area (Å²) in [6.45, 7) is 7.68. The van der Waals surface area contributed by atoms with Gasteiger partial charge in [0.15, 0.2) is 0 Å². The molecule has 1 heterocycles. The molecule has 0 radical (unpaired) electrons. The second kappa shape index (κ2) is 6.75. The van der Waals surface area contributed by atoms with Gasteiger partial charge in [-0.2, -0.15) is 0 Å². The average Bonchev–Trinajstić information content (AvgIpc) is 2.41. The van der Waals surface area contributed by atoms with Crippen LogP contribution >= 0.6 is 27.5 Å². The van der Waals surface area contributed by atoms with Crippen molar-refractivity contribution in [1.29, 1.82) is 0 Å². The van der Waals surface area contributed by atoms with Crippen molar-refractivity contribution in [3.8, 4) is 5.75 Å². The van der Waals surface area contributed by atoms with E-state index in [9.17, 15) is 5.11 Å². The molecule has 1 aromatic carbocycles. The van der Waals surface area contributed by atoms with Gasteiger partial charge in [0.25, 0.3) is 0 Å². The standard InChI is InChI=1S/C14H18BrClN2O/c1-2-3-13(18-6-4-17-5-7-18)11-8-10(16)9-12(15)14(11)19/h2,8-9,13,17,19H,1,3-7H2/t13-/m1/s1. The molecule has 1 aromatic rings. The van der Waals surface area contributed by atoms with Crippen molar-refractivity contribution in [3.05, 3.63) is 39.8 Å². The molecule has 2 N–H and O–H groups in total. The third kappa shape index (κ3) is 3.51. The van der Waals surface area contributed by atoms with Gasteiger partial charge in [-0.25, -0.2) is 0 Å². The fourth-order valence-corrected chi connectivity index (χ4v) is 3.30. The first kappa shape index (κ1) is 14.9. The van der Waals surface area contributed by atoms with Gasteiger partial charge in [0.2, 0.25) is 0 Å². The SMILES string of the molecule is C=CC[C@H](c1cc(Cl)cc(Br)c1O)N1CCNCC1. The molecule has 0 aromatic heterocycles. The summed E-state index contributed by atoms with van der Waals surface area (Å²) in [5, 5.41) is 14.2. The molecule has 1 saturated heterocycles. The Hall–Kier alpha value is -0.550. The summed E-state index contributed by atoms with van der Waals surface area (Å²) in [5.74, 6) is 0.273. The molecule has 1 fully saturated rings. The summed E-state index contributed by atoms with van der Waals surface area (Å²) in [5.41, 5.74) is 0.862.